The van der Waals surface area contributed by atoms with Crippen LogP contribution >= 0.6 is 0 Å². The fraction of sp³-hybridized carbons (Fsp3) is 0.226. The quantitative estimate of drug-likeness (QED) is 0.270. The zero-order valence-corrected chi connectivity index (χ0v) is 20.6. The fourth-order valence-corrected chi connectivity index (χ4v) is 4.75. The molecule has 0 saturated carbocycles. The summed E-state index contributed by atoms with van der Waals surface area (Å²) in [4.78, 5) is 25.4. The first-order chi connectivity index (χ1) is 18.1. The number of methoxy groups -OCH3 is 1. The number of benzene rings is 3. The number of rotatable bonds is 10. The van der Waals surface area contributed by atoms with Crippen molar-refractivity contribution in [3.8, 4) is 11.5 Å². The highest BCUT2D eigenvalue weighted by atomic mass is 16.5. The third kappa shape index (κ3) is 5.75. The largest absolute Gasteiger partial charge is 0.489 e. The van der Waals surface area contributed by atoms with Crippen LogP contribution in [0.5, 0.6) is 11.5 Å². The monoisotopic (exact) mass is 496 g/mol. The molecule has 2 atom stereocenters. The van der Waals surface area contributed by atoms with Crippen molar-refractivity contribution < 1.29 is 28.5 Å². The topological polar surface area (TPSA) is 71.1 Å². The molecule has 0 spiro atoms. The summed E-state index contributed by atoms with van der Waals surface area (Å²) >= 11 is 0. The summed E-state index contributed by atoms with van der Waals surface area (Å²) in [6.07, 6.45) is 4.62. The lowest BCUT2D eigenvalue weighted by Gasteiger charge is -2.15. The van der Waals surface area contributed by atoms with Gasteiger partial charge < -0.3 is 18.9 Å². The highest BCUT2D eigenvalue weighted by Gasteiger charge is 2.42. The fourth-order valence-electron chi connectivity index (χ4n) is 4.75. The third-order valence-corrected chi connectivity index (χ3v) is 6.55. The number of hydrogen-bond donors (Lipinski definition) is 0. The van der Waals surface area contributed by atoms with Gasteiger partial charge in [0.25, 0.3) is 0 Å². The van der Waals surface area contributed by atoms with Gasteiger partial charge in [-0.3, -0.25) is 0 Å². The average Bonchev–Trinajstić information content (AvgIpc) is 3.57. The molecule has 0 fully saturated rings. The Morgan fingerprint density at radius 2 is 1.19 bits per heavy atom. The van der Waals surface area contributed by atoms with E-state index in [4.69, 9.17) is 18.9 Å². The Morgan fingerprint density at radius 1 is 0.676 bits per heavy atom. The van der Waals surface area contributed by atoms with Crippen molar-refractivity contribution in [1.82, 2.24) is 0 Å². The predicted molar refractivity (Wildman–Crippen MR) is 138 cm³/mol. The molecule has 2 unspecified atom stereocenters. The van der Waals surface area contributed by atoms with E-state index in [1.807, 2.05) is 91.0 Å². The Balaban J connectivity index is 1.32. The summed E-state index contributed by atoms with van der Waals surface area (Å²) in [5, 5.41) is 0. The maximum atomic E-state index is 13.0. The normalized spacial score (nSPS) is 17.5. The minimum atomic E-state index is -0.500. The van der Waals surface area contributed by atoms with E-state index in [-0.39, 0.29) is 18.4 Å². The molecule has 0 aliphatic heterocycles. The molecule has 2 bridgehead atoms. The number of ether oxygens (including phenoxy) is 4. The van der Waals surface area contributed by atoms with E-state index < -0.39 is 11.9 Å². The number of carbonyl (C=O) groups excluding carboxylic acids is 2. The van der Waals surface area contributed by atoms with Crippen molar-refractivity contribution in [1.29, 1.82) is 0 Å². The number of esters is 2. The van der Waals surface area contributed by atoms with Gasteiger partial charge in [-0.2, -0.15) is 0 Å². The molecule has 0 heterocycles. The highest BCUT2D eigenvalue weighted by Crippen LogP contribution is 2.44. The Kier molecular flexibility index (Phi) is 7.36. The van der Waals surface area contributed by atoms with Crippen LogP contribution in [0, 0.1) is 11.8 Å². The van der Waals surface area contributed by atoms with Gasteiger partial charge in [0.1, 0.15) is 31.3 Å². The molecule has 5 rings (SSSR count). The molecule has 0 amide bonds. The lowest BCUT2D eigenvalue weighted by molar-refractivity contribution is -0.142. The Labute approximate surface area is 216 Å². The van der Waals surface area contributed by atoms with Gasteiger partial charge in [-0.15, -0.1) is 0 Å². The number of carbonyl (C=O) groups is 2. The third-order valence-electron chi connectivity index (χ3n) is 6.55. The van der Waals surface area contributed by atoms with Gasteiger partial charge in [0.05, 0.1) is 18.3 Å². The van der Waals surface area contributed by atoms with Gasteiger partial charge in [-0.1, -0.05) is 72.8 Å². The second-order valence-corrected chi connectivity index (χ2v) is 9.09. The van der Waals surface area contributed by atoms with E-state index in [0.717, 1.165) is 16.7 Å². The van der Waals surface area contributed by atoms with Gasteiger partial charge >= 0.3 is 11.9 Å². The van der Waals surface area contributed by atoms with Crippen molar-refractivity contribution in [2.75, 3.05) is 7.11 Å². The predicted octanol–water partition coefficient (Wildman–Crippen LogP) is 5.56. The van der Waals surface area contributed by atoms with Gasteiger partial charge in [0.2, 0.25) is 0 Å². The molecule has 6 heteroatoms. The van der Waals surface area contributed by atoms with Crippen molar-refractivity contribution in [3.63, 3.8) is 0 Å². The van der Waals surface area contributed by atoms with Crippen LogP contribution in [0.3, 0.4) is 0 Å². The first-order valence-corrected chi connectivity index (χ1v) is 12.3. The number of hydrogen-bond acceptors (Lipinski definition) is 6. The standard InChI is InChI=1S/C31H28O6/c1-34-30(32)28-24-12-13-25(16-24)29(28)31(33)37-20-23-14-26(35-18-21-8-4-2-5-9-21)17-27(15-23)36-19-22-10-6-3-7-11-22/h2-15,17,24-25H,16,18-20H2,1H3. The second kappa shape index (κ2) is 11.2. The molecule has 3 aromatic rings. The molecule has 6 nitrogen and oxygen atoms in total. The van der Waals surface area contributed by atoms with E-state index >= 15 is 0 Å². The lowest BCUT2D eigenvalue weighted by atomic mass is 9.97. The van der Waals surface area contributed by atoms with Crippen molar-refractivity contribution in [2.45, 2.75) is 26.2 Å². The van der Waals surface area contributed by atoms with Gasteiger partial charge in [0, 0.05) is 17.9 Å². The summed E-state index contributed by atoms with van der Waals surface area (Å²) in [6, 6.07) is 25.3. The van der Waals surface area contributed by atoms with Gasteiger partial charge in [0.15, 0.2) is 0 Å². The van der Waals surface area contributed by atoms with Crippen LogP contribution in [0.25, 0.3) is 0 Å². The van der Waals surface area contributed by atoms with Crippen LogP contribution in [-0.4, -0.2) is 19.0 Å². The Morgan fingerprint density at radius 3 is 1.70 bits per heavy atom. The summed E-state index contributed by atoms with van der Waals surface area (Å²) in [5.41, 5.74) is 3.61. The zero-order chi connectivity index (χ0) is 25.6. The second-order valence-electron chi connectivity index (χ2n) is 9.09. The lowest BCUT2D eigenvalue weighted by Crippen LogP contribution is -2.18. The van der Waals surface area contributed by atoms with Crippen molar-refractivity contribution in [2.24, 2.45) is 11.8 Å². The highest BCUT2D eigenvalue weighted by molar-refractivity contribution is 6.03. The summed E-state index contributed by atoms with van der Waals surface area (Å²) < 4.78 is 22.7. The first kappa shape index (κ1) is 24.4. The average molecular weight is 497 g/mol. The van der Waals surface area contributed by atoms with Crippen LogP contribution in [0.2, 0.25) is 0 Å². The van der Waals surface area contributed by atoms with Crippen LogP contribution in [-0.2, 0) is 38.9 Å². The van der Waals surface area contributed by atoms with Gasteiger partial charge in [-0.25, -0.2) is 9.59 Å². The van der Waals surface area contributed by atoms with Crippen LogP contribution in [0.15, 0.2) is 102 Å². The molecule has 0 N–H and O–H groups in total. The first-order valence-electron chi connectivity index (χ1n) is 12.3. The molecular formula is C31H28O6. The van der Waals surface area contributed by atoms with Crippen molar-refractivity contribution in [3.05, 3.63) is 119 Å². The van der Waals surface area contributed by atoms with E-state index in [2.05, 4.69) is 0 Å². The number of allylic oxidation sites excluding steroid dienone is 2. The van der Waals surface area contributed by atoms with E-state index in [1.165, 1.54) is 7.11 Å². The summed E-state index contributed by atoms with van der Waals surface area (Å²) in [5.74, 6) is 0.0384. The van der Waals surface area contributed by atoms with Crippen molar-refractivity contribution >= 4 is 11.9 Å². The smallest absolute Gasteiger partial charge is 0.335 e. The van der Waals surface area contributed by atoms with Crippen LogP contribution < -0.4 is 9.47 Å². The SMILES string of the molecule is COC(=O)C1=C(C(=O)OCc2cc(OCc3ccccc3)cc(OCc3ccccc3)c2)C2C=CC1C2. The zero-order valence-electron chi connectivity index (χ0n) is 20.6. The van der Waals surface area contributed by atoms with Crippen LogP contribution in [0.4, 0.5) is 0 Å². The summed E-state index contributed by atoms with van der Waals surface area (Å²) in [6.45, 7) is 0.808. The van der Waals surface area contributed by atoms with Gasteiger partial charge in [-0.05, 0) is 35.2 Å². The molecule has 37 heavy (non-hydrogen) atoms. The molecule has 0 aromatic heterocycles. The molecule has 2 aliphatic carbocycles. The minimum Gasteiger partial charge on any atom is -0.489 e. The Hall–Kier alpha value is -4.32. The van der Waals surface area contributed by atoms with E-state index in [9.17, 15) is 9.59 Å². The van der Waals surface area contributed by atoms with E-state index in [0.29, 0.717) is 42.3 Å². The maximum Gasteiger partial charge on any atom is 0.335 e. The summed E-state index contributed by atoms with van der Waals surface area (Å²) in [7, 11) is 1.33. The minimum absolute atomic E-state index is 0.0160. The molecule has 2 aliphatic rings. The number of fused-ring (bicyclic) bond motifs is 2. The molecule has 188 valence electrons. The van der Waals surface area contributed by atoms with Crippen LogP contribution in [0.1, 0.15) is 23.1 Å². The van der Waals surface area contributed by atoms with E-state index in [1.54, 1.807) is 0 Å². The molecule has 3 aromatic carbocycles. The molecule has 0 saturated heterocycles. The molecular weight excluding hydrogens is 468 g/mol. The Bertz CT molecular complexity index is 1260. The maximum absolute atomic E-state index is 13.0. The molecule has 0 radical (unpaired) electrons.